The zero-order valence-corrected chi connectivity index (χ0v) is 19.8. The number of methoxy groups -OCH3 is 1. The Morgan fingerprint density at radius 1 is 1.03 bits per heavy atom. The predicted octanol–water partition coefficient (Wildman–Crippen LogP) is 7.32. The van der Waals surface area contributed by atoms with Gasteiger partial charge >= 0.3 is 17.8 Å². The van der Waals surface area contributed by atoms with Crippen molar-refractivity contribution in [2.24, 2.45) is 0 Å². The zero-order valence-electron chi connectivity index (χ0n) is 19.0. The van der Waals surface area contributed by atoms with Crippen LogP contribution in [0.15, 0.2) is 54.6 Å². The summed E-state index contributed by atoms with van der Waals surface area (Å²) in [6, 6.07) is 10.1. The van der Waals surface area contributed by atoms with Crippen LogP contribution in [-0.4, -0.2) is 24.6 Å². The Kier molecular flexibility index (Phi) is 8.77. The van der Waals surface area contributed by atoms with Gasteiger partial charge in [-0.3, -0.25) is 14.9 Å². The fourth-order valence-electron chi connectivity index (χ4n) is 3.00. The molecule has 0 atom stereocenters. The molecule has 13 heteroatoms. The molecule has 0 amide bonds. The first-order valence-electron chi connectivity index (χ1n) is 10.5. The number of nitrogens with zero attached hydrogens (tertiary/aromatic N) is 1. The molecule has 0 aromatic heterocycles. The molecule has 0 aliphatic rings. The van der Waals surface area contributed by atoms with Crippen LogP contribution in [0.4, 0.5) is 23.2 Å². The SMILES string of the molecule is COC(=O)CCCOc1ccccc1Oc1cc(Oc2c(F)cc(C(F)(F)F)cc2Cl)ccc1[N+](=O)[O-]. The van der Waals surface area contributed by atoms with Gasteiger partial charge in [-0.1, -0.05) is 23.7 Å². The summed E-state index contributed by atoms with van der Waals surface area (Å²) in [6.07, 6.45) is -4.37. The minimum atomic E-state index is -4.83. The van der Waals surface area contributed by atoms with Gasteiger partial charge in [-0.2, -0.15) is 13.2 Å². The number of ether oxygens (including phenoxy) is 4. The van der Waals surface area contributed by atoms with Gasteiger partial charge in [-0.15, -0.1) is 0 Å². The summed E-state index contributed by atoms with van der Waals surface area (Å²) in [6.45, 7) is 0.117. The first-order chi connectivity index (χ1) is 17.5. The van der Waals surface area contributed by atoms with Crippen LogP contribution in [-0.2, 0) is 15.7 Å². The molecule has 0 fully saturated rings. The highest BCUT2D eigenvalue weighted by atomic mass is 35.5. The van der Waals surface area contributed by atoms with Gasteiger partial charge in [0.1, 0.15) is 5.75 Å². The molecule has 0 spiro atoms. The number of hydrogen-bond acceptors (Lipinski definition) is 7. The van der Waals surface area contributed by atoms with E-state index in [1.54, 1.807) is 12.1 Å². The molecule has 0 radical (unpaired) electrons. The molecule has 0 heterocycles. The Morgan fingerprint density at radius 2 is 1.73 bits per heavy atom. The van der Waals surface area contributed by atoms with Crippen LogP contribution >= 0.6 is 11.6 Å². The second-order valence-electron chi connectivity index (χ2n) is 7.33. The summed E-state index contributed by atoms with van der Waals surface area (Å²) in [4.78, 5) is 22.0. The minimum absolute atomic E-state index is 0.0829. The van der Waals surface area contributed by atoms with E-state index in [-0.39, 0.29) is 42.1 Å². The molecule has 0 aliphatic heterocycles. The van der Waals surface area contributed by atoms with Gasteiger partial charge in [0, 0.05) is 18.6 Å². The molecule has 8 nitrogen and oxygen atoms in total. The van der Waals surface area contributed by atoms with Crippen LogP contribution in [0.25, 0.3) is 0 Å². The number of alkyl halides is 3. The first kappa shape index (κ1) is 27.5. The molecule has 0 unspecified atom stereocenters. The fourth-order valence-corrected chi connectivity index (χ4v) is 3.25. The normalized spacial score (nSPS) is 11.1. The Bertz CT molecular complexity index is 1280. The topological polar surface area (TPSA) is 97.1 Å². The summed E-state index contributed by atoms with van der Waals surface area (Å²) in [7, 11) is 1.26. The molecule has 0 bridgehead atoms. The van der Waals surface area contributed by atoms with Gasteiger partial charge in [0.25, 0.3) is 0 Å². The lowest BCUT2D eigenvalue weighted by Crippen LogP contribution is -2.06. The van der Waals surface area contributed by atoms with Gasteiger partial charge in [-0.25, -0.2) is 4.39 Å². The van der Waals surface area contributed by atoms with E-state index in [0.29, 0.717) is 12.5 Å². The quantitative estimate of drug-likeness (QED) is 0.0868. The van der Waals surface area contributed by atoms with Crippen LogP contribution in [0, 0.1) is 15.9 Å². The molecule has 37 heavy (non-hydrogen) atoms. The molecule has 0 N–H and O–H groups in total. The second kappa shape index (κ2) is 11.8. The highest BCUT2D eigenvalue weighted by Gasteiger charge is 2.33. The van der Waals surface area contributed by atoms with Gasteiger partial charge in [-0.05, 0) is 36.8 Å². The number of nitro groups is 1. The maximum atomic E-state index is 14.4. The molecular formula is C24H18ClF4NO7. The summed E-state index contributed by atoms with van der Waals surface area (Å²) in [5, 5.41) is 10.9. The van der Waals surface area contributed by atoms with Crippen molar-refractivity contribution < 1.29 is 46.2 Å². The van der Waals surface area contributed by atoms with E-state index in [1.165, 1.54) is 19.2 Å². The maximum Gasteiger partial charge on any atom is 0.416 e. The number of halogens is 5. The Balaban J connectivity index is 1.86. The van der Waals surface area contributed by atoms with Crippen molar-refractivity contribution in [1.29, 1.82) is 0 Å². The molecular weight excluding hydrogens is 526 g/mol. The molecule has 3 rings (SSSR count). The summed E-state index contributed by atoms with van der Waals surface area (Å²) in [5.74, 6) is -2.72. The van der Waals surface area contributed by atoms with Crippen molar-refractivity contribution in [3.8, 4) is 28.7 Å². The van der Waals surface area contributed by atoms with Crippen molar-refractivity contribution in [3.05, 3.63) is 81.1 Å². The average Bonchev–Trinajstić information content (AvgIpc) is 2.84. The Morgan fingerprint density at radius 3 is 2.35 bits per heavy atom. The van der Waals surface area contributed by atoms with Gasteiger partial charge in [0.2, 0.25) is 5.75 Å². The van der Waals surface area contributed by atoms with Crippen molar-refractivity contribution >= 4 is 23.3 Å². The number of carbonyl (C=O) groups is 1. The lowest BCUT2D eigenvalue weighted by Gasteiger charge is -2.14. The minimum Gasteiger partial charge on any atom is -0.490 e. The number of hydrogen-bond donors (Lipinski definition) is 0. The van der Waals surface area contributed by atoms with Crippen molar-refractivity contribution in [3.63, 3.8) is 0 Å². The fraction of sp³-hybridized carbons (Fsp3) is 0.208. The van der Waals surface area contributed by atoms with Gasteiger partial charge < -0.3 is 18.9 Å². The van der Waals surface area contributed by atoms with E-state index in [2.05, 4.69) is 4.74 Å². The molecule has 0 saturated carbocycles. The Labute approximate surface area is 212 Å². The number of nitro benzene ring substituents is 1. The number of carbonyl (C=O) groups excluding carboxylic acids is 1. The van der Waals surface area contributed by atoms with Gasteiger partial charge in [0.15, 0.2) is 23.1 Å². The van der Waals surface area contributed by atoms with Crippen LogP contribution in [0.3, 0.4) is 0 Å². The predicted molar refractivity (Wildman–Crippen MR) is 123 cm³/mol. The third-order valence-electron chi connectivity index (χ3n) is 4.75. The molecule has 196 valence electrons. The van der Waals surface area contributed by atoms with Crippen molar-refractivity contribution in [1.82, 2.24) is 0 Å². The number of benzene rings is 3. The molecule has 0 saturated heterocycles. The van der Waals surface area contributed by atoms with E-state index in [0.717, 1.165) is 18.2 Å². The maximum absolute atomic E-state index is 14.4. The van der Waals surface area contributed by atoms with E-state index < -0.39 is 44.9 Å². The zero-order chi connectivity index (χ0) is 27.2. The molecule has 0 aliphatic carbocycles. The monoisotopic (exact) mass is 543 g/mol. The van der Waals surface area contributed by atoms with E-state index in [1.807, 2.05) is 0 Å². The lowest BCUT2D eigenvalue weighted by molar-refractivity contribution is -0.385. The van der Waals surface area contributed by atoms with Crippen LogP contribution < -0.4 is 14.2 Å². The highest BCUT2D eigenvalue weighted by molar-refractivity contribution is 6.32. The summed E-state index contributed by atoms with van der Waals surface area (Å²) in [5.41, 5.74) is -1.79. The summed E-state index contributed by atoms with van der Waals surface area (Å²) >= 11 is 5.80. The van der Waals surface area contributed by atoms with Crippen molar-refractivity contribution in [2.75, 3.05) is 13.7 Å². The standard InChI is InChI=1S/C24H18ClF4NO7/c1-34-22(31)7-4-10-35-19-5-2-3-6-20(19)37-21-13-15(8-9-18(21)30(32)33)36-23-16(25)11-14(12-17(23)26)24(27,28)29/h2-3,5-6,8-9,11-13H,4,7,10H2,1H3. The average molecular weight is 544 g/mol. The highest BCUT2D eigenvalue weighted by Crippen LogP contribution is 2.42. The number of para-hydroxylation sites is 2. The van der Waals surface area contributed by atoms with Crippen molar-refractivity contribution in [2.45, 2.75) is 19.0 Å². The van der Waals surface area contributed by atoms with Crippen LogP contribution in [0.1, 0.15) is 18.4 Å². The smallest absolute Gasteiger partial charge is 0.416 e. The third kappa shape index (κ3) is 7.23. The van der Waals surface area contributed by atoms with Gasteiger partial charge in [0.05, 0.1) is 29.2 Å². The molecule has 3 aromatic rings. The largest absolute Gasteiger partial charge is 0.490 e. The van der Waals surface area contributed by atoms with Crippen LogP contribution in [0.5, 0.6) is 28.7 Å². The van der Waals surface area contributed by atoms with E-state index in [4.69, 9.17) is 25.8 Å². The third-order valence-corrected chi connectivity index (χ3v) is 5.03. The van der Waals surface area contributed by atoms with E-state index >= 15 is 0 Å². The first-order valence-corrected chi connectivity index (χ1v) is 10.9. The Hall–Kier alpha value is -4.06. The second-order valence-corrected chi connectivity index (χ2v) is 7.74. The molecule has 3 aromatic carbocycles. The number of rotatable bonds is 10. The summed E-state index contributed by atoms with van der Waals surface area (Å²) < 4.78 is 74.2. The number of esters is 1. The van der Waals surface area contributed by atoms with E-state index in [9.17, 15) is 32.5 Å². The lowest BCUT2D eigenvalue weighted by atomic mass is 10.2. The van der Waals surface area contributed by atoms with Crippen LogP contribution in [0.2, 0.25) is 5.02 Å².